The summed E-state index contributed by atoms with van der Waals surface area (Å²) in [7, 11) is -1.34. The molecule has 9 nitrogen and oxygen atoms in total. The third-order valence-electron chi connectivity index (χ3n) is 7.99. The van der Waals surface area contributed by atoms with Gasteiger partial charge in [0.15, 0.2) is 11.5 Å². The number of carbonyl (C=O) groups excluding carboxylic acids is 2. The standard InChI is InChI=1S/C33H39Cl2N3O6S/c1-4-29(33(40)36-23-12-7-5-8-13-23)37(21-26-27(34)16-11-17-28(26)35)32(39)22-38(45(41,42)25-14-9-6-10-15-25)24-18-19-30(43-2)31(20-24)44-3/h6,9-11,14-20,23,29H,4-5,7-8,12-13,21-22H2,1-3H3,(H,36,40). The third-order valence-corrected chi connectivity index (χ3v) is 10.5. The summed E-state index contributed by atoms with van der Waals surface area (Å²) in [5.41, 5.74) is 0.641. The minimum atomic E-state index is -4.26. The maximum atomic E-state index is 14.4. The van der Waals surface area contributed by atoms with Crippen molar-refractivity contribution in [3.05, 3.63) is 82.3 Å². The van der Waals surface area contributed by atoms with Crippen LogP contribution in [0.4, 0.5) is 5.69 Å². The first-order chi connectivity index (χ1) is 21.6. The molecule has 1 saturated carbocycles. The Morgan fingerprint density at radius 2 is 1.56 bits per heavy atom. The van der Waals surface area contributed by atoms with E-state index in [9.17, 15) is 18.0 Å². The molecule has 1 fully saturated rings. The quantitative estimate of drug-likeness (QED) is 0.223. The van der Waals surface area contributed by atoms with Gasteiger partial charge >= 0.3 is 0 Å². The van der Waals surface area contributed by atoms with Gasteiger partial charge in [-0.25, -0.2) is 8.42 Å². The number of methoxy groups -OCH3 is 2. The molecule has 1 aliphatic rings. The van der Waals surface area contributed by atoms with Gasteiger partial charge in [0.05, 0.1) is 24.8 Å². The second-order valence-corrected chi connectivity index (χ2v) is 13.5. The van der Waals surface area contributed by atoms with Crippen LogP contribution in [-0.4, -0.2) is 58.0 Å². The fourth-order valence-corrected chi connectivity index (χ4v) is 7.49. The lowest BCUT2D eigenvalue weighted by atomic mass is 9.95. The van der Waals surface area contributed by atoms with E-state index in [4.69, 9.17) is 32.7 Å². The highest BCUT2D eigenvalue weighted by Crippen LogP contribution is 2.34. The zero-order valence-electron chi connectivity index (χ0n) is 25.7. The molecule has 1 unspecified atom stereocenters. The number of amides is 2. The minimum absolute atomic E-state index is 0.00429. The van der Waals surface area contributed by atoms with Gasteiger partial charge in [-0.05, 0) is 55.7 Å². The van der Waals surface area contributed by atoms with E-state index < -0.39 is 28.5 Å². The van der Waals surface area contributed by atoms with Gasteiger partial charge in [-0.15, -0.1) is 0 Å². The Kier molecular flexibility index (Phi) is 12.0. The van der Waals surface area contributed by atoms with Crippen LogP contribution in [0.3, 0.4) is 0 Å². The maximum Gasteiger partial charge on any atom is 0.264 e. The Labute approximate surface area is 275 Å². The Balaban J connectivity index is 1.77. The number of benzene rings is 3. The largest absolute Gasteiger partial charge is 0.493 e. The SMILES string of the molecule is CCC(C(=O)NC1CCCCC1)N(Cc1c(Cl)cccc1Cl)C(=O)CN(c1ccc(OC)c(OC)c1)S(=O)(=O)c1ccccc1. The van der Waals surface area contributed by atoms with Crippen LogP contribution in [0.5, 0.6) is 11.5 Å². The summed E-state index contributed by atoms with van der Waals surface area (Å²) >= 11 is 13.0. The Morgan fingerprint density at radius 1 is 0.911 bits per heavy atom. The van der Waals surface area contributed by atoms with Gasteiger partial charge in [-0.3, -0.25) is 13.9 Å². The first-order valence-corrected chi connectivity index (χ1v) is 17.1. The predicted octanol–water partition coefficient (Wildman–Crippen LogP) is 6.46. The van der Waals surface area contributed by atoms with E-state index in [-0.39, 0.29) is 41.2 Å². The van der Waals surface area contributed by atoms with Crippen LogP contribution in [0.2, 0.25) is 10.0 Å². The van der Waals surface area contributed by atoms with E-state index in [0.29, 0.717) is 21.4 Å². The van der Waals surface area contributed by atoms with E-state index in [2.05, 4.69) is 5.32 Å². The molecule has 0 aliphatic heterocycles. The molecule has 0 radical (unpaired) electrons. The van der Waals surface area contributed by atoms with Crippen molar-refractivity contribution in [1.29, 1.82) is 0 Å². The molecule has 0 bridgehead atoms. The third kappa shape index (κ3) is 8.23. The summed E-state index contributed by atoms with van der Waals surface area (Å²) in [6.07, 6.45) is 5.20. The van der Waals surface area contributed by atoms with E-state index >= 15 is 0 Å². The lowest BCUT2D eigenvalue weighted by Gasteiger charge is -2.35. The average molecular weight is 677 g/mol. The van der Waals surface area contributed by atoms with Gasteiger partial charge in [0, 0.05) is 34.3 Å². The van der Waals surface area contributed by atoms with E-state index in [1.54, 1.807) is 42.5 Å². The van der Waals surface area contributed by atoms with Crippen LogP contribution in [0.1, 0.15) is 51.0 Å². The van der Waals surface area contributed by atoms with Crippen LogP contribution in [-0.2, 0) is 26.2 Å². The van der Waals surface area contributed by atoms with Crippen molar-refractivity contribution in [1.82, 2.24) is 10.2 Å². The molecule has 0 spiro atoms. The van der Waals surface area contributed by atoms with Crippen LogP contribution >= 0.6 is 23.2 Å². The summed E-state index contributed by atoms with van der Waals surface area (Å²) in [6.45, 7) is 1.10. The Morgan fingerprint density at radius 3 is 2.16 bits per heavy atom. The second kappa shape index (κ2) is 15.7. The highest BCUT2D eigenvalue weighted by molar-refractivity contribution is 7.92. The van der Waals surface area contributed by atoms with Crippen molar-refractivity contribution in [2.75, 3.05) is 25.1 Å². The molecule has 2 amide bonds. The van der Waals surface area contributed by atoms with Gasteiger partial charge in [-0.1, -0.05) is 73.7 Å². The molecule has 0 heterocycles. The number of hydrogen-bond acceptors (Lipinski definition) is 6. The summed E-state index contributed by atoms with van der Waals surface area (Å²) < 4.78 is 40.0. The lowest BCUT2D eigenvalue weighted by molar-refractivity contribution is -0.140. The number of carbonyl (C=O) groups is 2. The summed E-state index contributed by atoms with van der Waals surface area (Å²) in [5, 5.41) is 3.79. The Bertz CT molecular complexity index is 1560. The van der Waals surface area contributed by atoms with Crippen molar-refractivity contribution in [2.24, 2.45) is 0 Å². The molecule has 45 heavy (non-hydrogen) atoms. The van der Waals surface area contributed by atoms with Gasteiger partial charge in [-0.2, -0.15) is 0 Å². The zero-order valence-corrected chi connectivity index (χ0v) is 28.0. The minimum Gasteiger partial charge on any atom is -0.493 e. The smallest absolute Gasteiger partial charge is 0.264 e. The molecule has 0 aromatic heterocycles. The van der Waals surface area contributed by atoms with Crippen LogP contribution in [0.25, 0.3) is 0 Å². The topological polar surface area (TPSA) is 105 Å². The first kappa shape index (κ1) is 34.4. The van der Waals surface area contributed by atoms with Gasteiger partial charge in [0.2, 0.25) is 11.8 Å². The lowest BCUT2D eigenvalue weighted by Crippen LogP contribution is -2.54. The molecule has 4 rings (SSSR count). The van der Waals surface area contributed by atoms with Crippen molar-refractivity contribution in [3.63, 3.8) is 0 Å². The number of hydrogen-bond donors (Lipinski definition) is 1. The van der Waals surface area contributed by atoms with Crippen LogP contribution in [0, 0.1) is 0 Å². The number of nitrogens with one attached hydrogen (secondary N) is 1. The molecule has 3 aromatic rings. The molecule has 0 saturated heterocycles. The van der Waals surface area contributed by atoms with E-state index in [0.717, 1.165) is 36.4 Å². The fraction of sp³-hybridized carbons (Fsp3) is 0.394. The van der Waals surface area contributed by atoms with Crippen LogP contribution < -0.4 is 19.1 Å². The van der Waals surface area contributed by atoms with Crippen molar-refractivity contribution >= 4 is 50.7 Å². The second-order valence-electron chi connectivity index (χ2n) is 10.9. The van der Waals surface area contributed by atoms with Crippen molar-refractivity contribution in [2.45, 2.75) is 69.0 Å². The highest BCUT2D eigenvalue weighted by Gasteiger charge is 2.35. The summed E-state index contributed by atoms with van der Waals surface area (Å²) in [4.78, 5) is 29.5. The monoisotopic (exact) mass is 675 g/mol. The fourth-order valence-electron chi connectivity index (χ4n) is 5.55. The number of sulfonamides is 1. The van der Waals surface area contributed by atoms with Gasteiger partial charge in [0.1, 0.15) is 12.6 Å². The number of nitrogens with zero attached hydrogens (tertiary/aromatic N) is 2. The molecule has 12 heteroatoms. The maximum absolute atomic E-state index is 14.4. The normalized spacial score (nSPS) is 14.3. The number of ether oxygens (including phenoxy) is 2. The van der Waals surface area contributed by atoms with Crippen molar-refractivity contribution in [3.8, 4) is 11.5 Å². The summed E-state index contributed by atoms with van der Waals surface area (Å²) in [6, 6.07) is 16.6. The number of halogens is 2. The van der Waals surface area contributed by atoms with E-state index in [1.165, 1.54) is 43.4 Å². The van der Waals surface area contributed by atoms with Gasteiger partial charge < -0.3 is 19.7 Å². The molecule has 3 aromatic carbocycles. The predicted molar refractivity (Wildman–Crippen MR) is 177 cm³/mol. The Hall–Kier alpha value is -3.47. The molecule has 242 valence electrons. The molecule has 1 aliphatic carbocycles. The molecular formula is C33H39Cl2N3O6S. The van der Waals surface area contributed by atoms with Crippen LogP contribution in [0.15, 0.2) is 71.6 Å². The molecule has 1 N–H and O–H groups in total. The number of rotatable bonds is 13. The first-order valence-electron chi connectivity index (χ1n) is 14.9. The highest BCUT2D eigenvalue weighted by atomic mass is 35.5. The average Bonchev–Trinajstić information content (AvgIpc) is 3.05. The summed E-state index contributed by atoms with van der Waals surface area (Å²) in [5.74, 6) is -0.228. The molecular weight excluding hydrogens is 637 g/mol. The van der Waals surface area contributed by atoms with Crippen molar-refractivity contribution < 1.29 is 27.5 Å². The molecule has 1 atom stereocenters. The van der Waals surface area contributed by atoms with E-state index in [1.807, 2.05) is 6.92 Å². The van der Waals surface area contributed by atoms with Gasteiger partial charge in [0.25, 0.3) is 10.0 Å². The number of anilines is 1. The zero-order chi connectivity index (χ0) is 32.6.